The molecule has 1 saturated carbocycles. The molecule has 0 aromatic heterocycles. The van der Waals surface area contributed by atoms with E-state index in [-0.39, 0.29) is 13.3 Å². The molecule has 2 aliphatic rings. The van der Waals surface area contributed by atoms with Gasteiger partial charge in [-0.1, -0.05) is 91.8 Å². The fourth-order valence-corrected chi connectivity index (χ4v) is 8.99. The maximum absolute atomic E-state index is 13.8. The van der Waals surface area contributed by atoms with Crippen molar-refractivity contribution in [2.45, 2.75) is 75.9 Å². The molecule has 26 heavy (non-hydrogen) atoms. The number of benzene rings is 1. The molecule has 0 bridgehead atoms. The van der Waals surface area contributed by atoms with Crippen LogP contribution in [0.5, 0.6) is 0 Å². The highest BCUT2D eigenvalue weighted by molar-refractivity contribution is 6.59. The monoisotopic (exact) mass is 412 g/mol. The zero-order valence-electron chi connectivity index (χ0n) is 15.8. The van der Waals surface area contributed by atoms with Crippen molar-refractivity contribution in [3.05, 3.63) is 39.9 Å². The number of halogens is 3. The van der Waals surface area contributed by atoms with Gasteiger partial charge in [0, 0.05) is 14.4 Å². The molecule has 1 saturated heterocycles. The maximum Gasteiger partial charge on any atom is 0.160 e. The van der Waals surface area contributed by atoms with Crippen LogP contribution in [0.15, 0.2) is 28.8 Å². The molecular weight excluding hydrogens is 382 g/mol. The summed E-state index contributed by atoms with van der Waals surface area (Å²) in [6.07, 6.45) is 9.76. The lowest BCUT2D eigenvalue weighted by Crippen LogP contribution is -2.28. The highest BCUT2D eigenvalue weighted by atomic mass is 35.5. The second-order valence-electron chi connectivity index (χ2n) is 8.38. The van der Waals surface area contributed by atoms with Crippen LogP contribution in [0.3, 0.4) is 0 Å². The van der Waals surface area contributed by atoms with E-state index in [2.05, 4.69) is 19.1 Å². The molecule has 1 aliphatic heterocycles. The van der Waals surface area contributed by atoms with Crippen molar-refractivity contribution in [3.8, 4) is 0 Å². The molecule has 0 N–H and O–H groups in total. The SMILES string of the molecule is CCC[Si@H]1CC[C@H]([C@H]2CC[C@H](c3ccc(C(F)=C(Cl)Cl)cc3)CC2)CC1. The number of hydrogen-bond acceptors (Lipinski definition) is 0. The van der Waals surface area contributed by atoms with Gasteiger partial charge in [-0.05, 0) is 49.0 Å². The van der Waals surface area contributed by atoms with Crippen molar-refractivity contribution in [1.29, 1.82) is 0 Å². The first-order chi connectivity index (χ1) is 12.6. The Morgan fingerprint density at radius 3 is 2.08 bits per heavy atom. The molecule has 4 heteroatoms. The highest BCUT2D eigenvalue weighted by Gasteiger charge is 2.31. The third kappa shape index (κ3) is 5.14. The smallest absolute Gasteiger partial charge is 0.160 e. The molecule has 0 nitrogen and oxygen atoms in total. The minimum atomic E-state index is -0.536. The first-order valence-electron chi connectivity index (χ1n) is 10.4. The third-order valence-electron chi connectivity index (χ3n) is 6.83. The second kappa shape index (κ2) is 9.75. The van der Waals surface area contributed by atoms with Gasteiger partial charge in [-0.3, -0.25) is 0 Å². The quantitative estimate of drug-likeness (QED) is 0.428. The number of hydrogen-bond donors (Lipinski definition) is 0. The Morgan fingerprint density at radius 2 is 1.54 bits per heavy atom. The van der Waals surface area contributed by atoms with Crippen LogP contribution < -0.4 is 0 Å². The van der Waals surface area contributed by atoms with Crippen molar-refractivity contribution in [2.75, 3.05) is 0 Å². The fourth-order valence-electron chi connectivity index (χ4n) is 5.29. The molecule has 0 atom stereocenters. The average Bonchev–Trinajstić information content (AvgIpc) is 2.68. The molecule has 1 aliphatic carbocycles. The zero-order chi connectivity index (χ0) is 18.5. The van der Waals surface area contributed by atoms with E-state index in [1.807, 2.05) is 0 Å². The molecule has 0 radical (unpaired) electrons. The van der Waals surface area contributed by atoms with Gasteiger partial charge in [0.15, 0.2) is 5.83 Å². The van der Waals surface area contributed by atoms with Gasteiger partial charge in [0.2, 0.25) is 0 Å². The van der Waals surface area contributed by atoms with E-state index in [9.17, 15) is 4.39 Å². The molecular formula is C22H31Cl2FSi. The lowest BCUT2D eigenvalue weighted by atomic mass is 9.72. The lowest BCUT2D eigenvalue weighted by Gasteiger charge is -2.37. The van der Waals surface area contributed by atoms with Crippen LogP contribution in [0.1, 0.15) is 68.9 Å². The number of rotatable bonds is 5. The summed E-state index contributed by atoms with van der Waals surface area (Å²) in [4.78, 5) is 0. The maximum atomic E-state index is 13.8. The minimum absolute atomic E-state index is 0.296. The first-order valence-corrected chi connectivity index (χ1v) is 13.6. The van der Waals surface area contributed by atoms with Crippen LogP contribution in [0, 0.1) is 11.8 Å². The Kier molecular flexibility index (Phi) is 7.66. The molecule has 0 amide bonds. The molecule has 1 aromatic rings. The average molecular weight is 413 g/mol. The van der Waals surface area contributed by atoms with Crippen LogP contribution >= 0.6 is 23.2 Å². The standard InChI is InChI=1S/C22H31Cl2FSi/c1-2-13-26-14-11-19(12-15-26)18-5-3-16(4-6-18)17-7-9-20(10-8-17)21(25)22(23)24/h7-10,16,18-19,26H,2-6,11-15H2,1H3/t16-,18-,19-,26-. The molecule has 3 rings (SSSR count). The predicted molar refractivity (Wildman–Crippen MR) is 115 cm³/mol. The lowest BCUT2D eigenvalue weighted by molar-refractivity contribution is 0.216. The molecule has 0 spiro atoms. The Hall–Kier alpha value is -0.313. The Morgan fingerprint density at radius 1 is 0.962 bits per heavy atom. The molecule has 2 fully saturated rings. The summed E-state index contributed by atoms with van der Waals surface area (Å²) in [5, 5.41) is 0. The summed E-state index contributed by atoms with van der Waals surface area (Å²) in [6, 6.07) is 12.5. The van der Waals surface area contributed by atoms with Crippen LogP contribution in [-0.4, -0.2) is 8.80 Å². The van der Waals surface area contributed by atoms with E-state index < -0.39 is 5.83 Å². The summed E-state index contributed by atoms with van der Waals surface area (Å²) in [6.45, 7) is 2.35. The molecule has 1 heterocycles. The minimum Gasteiger partial charge on any atom is -0.204 e. The van der Waals surface area contributed by atoms with Crippen LogP contribution in [0.2, 0.25) is 18.1 Å². The van der Waals surface area contributed by atoms with Crippen molar-refractivity contribution in [2.24, 2.45) is 11.8 Å². The van der Waals surface area contributed by atoms with Crippen LogP contribution in [0.4, 0.5) is 4.39 Å². The summed E-state index contributed by atoms with van der Waals surface area (Å²) in [5.41, 5.74) is 1.81. The van der Waals surface area contributed by atoms with E-state index in [1.54, 1.807) is 30.3 Å². The molecule has 144 valence electrons. The van der Waals surface area contributed by atoms with Gasteiger partial charge in [0.25, 0.3) is 0 Å². The van der Waals surface area contributed by atoms with Gasteiger partial charge >= 0.3 is 0 Å². The van der Waals surface area contributed by atoms with Gasteiger partial charge in [0.1, 0.15) is 4.49 Å². The largest absolute Gasteiger partial charge is 0.204 e. The Balaban J connectivity index is 1.50. The van der Waals surface area contributed by atoms with Gasteiger partial charge in [-0.25, -0.2) is 4.39 Å². The van der Waals surface area contributed by atoms with E-state index in [0.717, 1.165) is 11.8 Å². The van der Waals surface area contributed by atoms with Crippen molar-refractivity contribution in [3.63, 3.8) is 0 Å². The van der Waals surface area contributed by atoms with Crippen molar-refractivity contribution < 1.29 is 4.39 Å². The highest BCUT2D eigenvalue weighted by Crippen LogP contribution is 2.43. The van der Waals surface area contributed by atoms with Crippen LogP contribution in [0.25, 0.3) is 5.83 Å². The summed E-state index contributed by atoms with van der Waals surface area (Å²) < 4.78 is 13.5. The van der Waals surface area contributed by atoms with E-state index in [4.69, 9.17) is 23.2 Å². The molecule has 1 aromatic carbocycles. The topological polar surface area (TPSA) is 0 Å². The second-order valence-corrected chi connectivity index (χ2v) is 12.8. The Labute approximate surface area is 169 Å². The fraction of sp³-hybridized carbons (Fsp3) is 0.636. The summed E-state index contributed by atoms with van der Waals surface area (Å²) in [5.74, 6) is 2.05. The van der Waals surface area contributed by atoms with Crippen molar-refractivity contribution >= 4 is 37.8 Å². The molecule has 0 unspecified atom stereocenters. The first kappa shape index (κ1) is 20.4. The predicted octanol–water partition coefficient (Wildman–Crippen LogP) is 8.08. The van der Waals surface area contributed by atoms with E-state index in [1.165, 1.54) is 50.5 Å². The summed E-state index contributed by atoms with van der Waals surface area (Å²) >= 11 is 11.1. The van der Waals surface area contributed by atoms with Crippen LogP contribution in [-0.2, 0) is 0 Å². The van der Waals surface area contributed by atoms with Gasteiger partial charge in [-0.2, -0.15) is 0 Å². The van der Waals surface area contributed by atoms with Gasteiger partial charge < -0.3 is 0 Å². The third-order valence-corrected chi connectivity index (χ3v) is 10.9. The van der Waals surface area contributed by atoms with Crippen molar-refractivity contribution in [1.82, 2.24) is 0 Å². The summed E-state index contributed by atoms with van der Waals surface area (Å²) in [7, 11) is -0.354. The Bertz CT molecular complexity index is 593. The normalized spacial score (nSPS) is 29.4. The van der Waals surface area contributed by atoms with E-state index >= 15 is 0 Å². The van der Waals surface area contributed by atoms with E-state index in [0.29, 0.717) is 11.5 Å². The van der Waals surface area contributed by atoms with Gasteiger partial charge in [-0.15, -0.1) is 0 Å². The van der Waals surface area contributed by atoms with Gasteiger partial charge in [0.05, 0.1) is 0 Å². The zero-order valence-corrected chi connectivity index (χ0v) is 18.5.